The molecule has 1 aromatic rings. The third-order valence-corrected chi connectivity index (χ3v) is 4.27. The van der Waals surface area contributed by atoms with Crippen molar-refractivity contribution in [1.82, 2.24) is 4.90 Å². The van der Waals surface area contributed by atoms with Gasteiger partial charge >= 0.3 is 0 Å². The molecule has 3 nitrogen and oxygen atoms in total. The van der Waals surface area contributed by atoms with Crippen LogP contribution in [0.2, 0.25) is 0 Å². The Kier molecular flexibility index (Phi) is 5.07. The van der Waals surface area contributed by atoms with Crippen molar-refractivity contribution in [1.29, 1.82) is 0 Å². The van der Waals surface area contributed by atoms with Gasteiger partial charge in [-0.05, 0) is 50.8 Å². The lowest BCUT2D eigenvalue weighted by Gasteiger charge is -2.25. The van der Waals surface area contributed by atoms with Crippen molar-refractivity contribution in [2.24, 2.45) is 5.92 Å². The zero-order valence-corrected chi connectivity index (χ0v) is 12.5. The van der Waals surface area contributed by atoms with E-state index in [-0.39, 0.29) is 11.5 Å². The van der Waals surface area contributed by atoms with Crippen LogP contribution in [-0.2, 0) is 6.42 Å². The maximum absolute atomic E-state index is 9.76. The fraction of sp³-hybridized carbons (Fsp3) is 0.529. The van der Waals surface area contributed by atoms with E-state index in [1.807, 2.05) is 0 Å². The number of aromatic hydroxyl groups is 2. The number of rotatable bonds is 5. The monoisotopic (exact) mass is 275 g/mol. The highest BCUT2D eigenvalue weighted by Gasteiger charge is 2.14. The predicted octanol–water partition coefficient (Wildman–Crippen LogP) is 3.32. The fourth-order valence-electron chi connectivity index (χ4n) is 2.82. The molecule has 0 saturated carbocycles. The van der Waals surface area contributed by atoms with Crippen LogP contribution < -0.4 is 0 Å². The molecule has 1 aromatic carbocycles. The van der Waals surface area contributed by atoms with Gasteiger partial charge in [0.25, 0.3) is 0 Å². The van der Waals surface area contributed by atoms with Crippen LogP contribution in [0.3, 0.4) is 0 Å². The van der Waals surface area contributed by atoms with Crippen LogP contribution in [0.5, 0.6) is 11.5 Å². The molecule has 1 unspecified atom stereocenters. The van der Waals surface area contributed by atoms with Gasteiger partial charge in [-0.15, -0.1) is 0 Å². The quantitative estimate of drug-likeness (QED) is 0.810. The number of phenolic OH excluding ortho intramolecular Hbond substituents is 2. The standard InChI is InChI=1S/C17H25NO2/c1-13(14-9-11-18(2)12-10-14)5-3-6-15-16(19)7-4-8-17(15)20/h4,7-9,13,19-20H,3,5-6,10-12H2,1-2H3. The van der Waals surface area contributed by atoms with Crippen molar-refractivity contribution in [3.63, 3.8) is 0 Å². The lowest BCUT2D eigenvalue weighted by Crippen LogP contribution is -2.25. The fourth-order valence-corrected chi connectivity index (χ4v) is 2.82. The second kappa shape index (κ2) is 6.80. The van der Waals surface area contributed by atoms with Crippen LogP contribution in [0.4, 0.5) is 0 Å². The predicted molar refractivity (Wildman–Crippen MR) is 82.1 cm³/mol. The lowest BCUT2D eigenvalue weighted by molar-refractivity contribution is 0.346. The second-order valence-electron chi connectivity index (χ2n) is 5.86. The van der Waals surface area contributed by atoms with Crippen LogP contribution in [0, 0.1) is 5.92 Å². The molecule has 0 spiro atoms. The van der Waals surface area contributed by atoms with E-state index in [0.717, 1.165) is 32.4 Å². The highest BCUT2D eigenvalue weighted by atomic mass is 16.3. The molecule has 0 fully saturated rings. The molecule has 2 N–H and O–H groups in total. The summed E-state index contributed by atoms with van der Waals surface area (Å²) in [5.74, 6) is 1.00. The molecule has 3 heteroatoms. The van der Waals surface area contributed by atoms with Gasteiger partial charge in [0, 0.05) is 18.7 Å². The molecular weight excluding hydrogens is 250 g/mol. The maximum Gasteiger partial charge on any atom is 0.122 e. The summed E-state index contributed by atoms with van der Waals surface area (Å²) in [6.45, 7) is 4.48. The molecule has 110 valence electrons. The van der Waals surface area contributed by atoms with E-state index in [0.29, 0.717) is 11.5 Å². The Labute approximate surface area is 121 Å². The van der Waals surface area contributed by atoms with E-state index < -0.39 is 0 Å². The molecule has 2 rings (SSSR count). The molecule has 0 radical (unpaired) electrons. The van der Waals surface area contributed by atoms with Crippen molar-refractivity contribution < 1.29 is 10.2 Å². The first-order valence-electron chi connectivity index (χ1n) is 7.45. The number of hydrogen-bond donors (Lipinski definition) is 2. The van der Waals surface area contributed by atoms with Gasteiger partial charge in [-0.2, -0.15) is 0 Å². The van der Waals surface area contributed by atoms with Crippen molar-refractivity contribution in [2.45, 2.75) is 32.6 Å². The zero-order valence-electron chi connectivity index (χ0n) is 12.5. The van der Waals surface area contributed by atoms with Gasteiger partial charge in [-0.25, -0.2) is 0 Å². The van der Waals surface area contributed by atoms with Crippen LogP contribution in [0.25, 0.3) is 0 Å². The molecule has 1 heterocycles. The summed E-state index contributed by atoms with van der Waals surface area (Å²) in [5.41, 5.74) is 2.24. The number of hydrogen-bond acceptors (Lipinski definition) is 3. The maximum atomic E-state index is 9.76. The van der Waals surface area contributed by atoms with Gasteiger partial charge < -0.3 is 15.1 Å². The highest BCUT2D eigenvalue weighted by molar-refractivity contribution is 5.42. The first kappa shape index (κ1) is 14.9. The largest absolute Gasteiger partial charge is 0.508 e. The molecule has 1 atom stereocenters. The number of benzene rings is 1. The molecule has 1 aliphatic heterocycles. The summed E-state index contributed by atoms with van der Waals surface area (Å²) in [7, 11) is 2.15. The van der Waals surface area contributed by atoms with Crippen LogP contribution in [-0.4, -0.2) is 35.3 Å². The minimum absolute atomic E-state index is 0.205. The van der Waals surface area contributed by atoms with Crippen molar-refractivity contribution in [3.05, 3.63) is 35.4 Å². The smallest absolute Gasteiger partial charge is 0.122 e. The molecule has 0 amide bonds. The van der Waals surface area contributed by atoms with E-state index in [4.69, 9.17) is 0 Å². The van der Waals surface area contributed by atoms with Crippen LogP contribution >= 0.6 is 0 Å². The van der Waals surface area contributed by atoms with E-state index in [9.17, 15) is 10.2 Å². The van der Waals surface area contributed by atoms with E-state index in [2.05, 4.69) is 24.9 Å². The molecule has 0 aromatic heterocycles. The summed E-state index contributed by atoms with van der Waals surface area (Å²) in [5, 5.41) is 19.5. The molecule has 0 saturated heterocycles. The number of likely N-dealkylation sites (N-methyl/N-ethyl adjacent to an activating group) is 1. The molecule has 20 heavy (non-hydrogen) atoms. The first-order chi connectivity index (χ1) is 9.58. The number of phenols is 2. The van der Waals surface area contributed by atoms with Gasteiger partial charge in [0.1, 0.15) is 11.5 Å². The average Bonchev–Trinajstić information content (AvgIpc) is 2.42. The van der Waals surface area contributed by atoms with Crippen molar-refractivity contribution >= 4 is 0 Å². The van der Waals surface area contributed by atoms with Gasteiger partial charge in [0.15, 0.2) is 0 Å². The lowest BCUT2D eigenvalue weighted by atomic mass is 9.90. The Hall–Kier alpha value is -1.48. The summed E-state index contributed by atoms with van der Waals surface area (Å²) in [4.78, 5) is 2.33. The highest BCUT2D eigenvalue weighted by Crippen LogP contribution is 2.29. The van der Waals surface area contributed by atoms with Gasteiger partial charge in [-0.1, -0.05) is 24.6 Å². The third-order valence-electron chi connectivity index (χ3n) is 4.27. The normalized spacial score (nSPS) is 17.8. The third kappa shape index (κ3) is 3.76. The van der Waals surface area contributed by atoms with Gasteiger partial charge in [0.2, 0.25) is 0 Å². The Morgan fingerprint density at radius 2 is 1.95 bits per heavy atom. The minimum atomic E-state index is 0.205. The molecule has 1 aliphatic rings. The molecule has 0 aliphatic carbocycles. The first-order valence-corrected chi connectivity index (χ1v) is 7.45. The summed E-state index contributed by atoms with van der Waals surface area (Å²) < 4.78 is 0. The topological polar surface area (TPSA) is 43.7 Å². The second-order valence-corrected chi connectivity index (χ2v) is 5.86. The SMILES string of the molecule is CC(CCCc1c(O)cccc1O)C1=CCN(C)CC1. The summed E-state index contributed by atoms with van der Waals surface area (Å²) >= 11 is 0. The van der Waals surface area contributed by atoms with Crippen molar-refractivity contribution in [3.8, 4) is 11.5 Å². The summed E-state index contributed by atoms with van der Waals surface area (Å²) in [6, 6.07) is 4.94. The molecular formula is C17H25NO2. The summed E-state index contributed by atoms with van der Waals surface area (Å²) in [6.07, 6.45) is 6.34. The zero-order chi connectivity index (χ0) is 14.5. The average molecular weight is 275 g/mol. The Morgan fingerprint density at radius 1 is 1.25 bits per heavy atom. The minimum Gasteiger partial charge on any atom is -0.508 e. The Balaban J connectivity index is 1.84. The number of nitrogens with zero attached hydrogens (tertiary/aromatic N) is 1. The van der Waals surface area contributed by atoms with Crippen molar-refractivity contribution in [2.75, 3.05) is 20.1 Å². The Bertz CT molecular complexity index is 462. The van der Waals surface area contributed by atoms with Gasteiger partial charge in [-0.3, -0.25) is 0 Å². The van der Waals surface area contributed by atoms with Crippen LogP contribution in [0.1, 0.15) is 31.7 Å². The van der Waals surface area contributed by atoms with E-state index >= 15 is 0 Å². The van der Waals surface area contributed by atoms with E-state index in [1.54, 1.807) is 23.8 Å². The van der Waals surface area contributed by atoms with Gasteiger partial charge in [0.05, 0.1) is 0 Å². The van der Waals surface area contributed by atoms with Crippen LogP contribution in [0.15, 0.2) is 29.8 Å². The molecule has 0 bridgehead atoms. The van der Waals surface area contributed by atoms with E-state index in [1.165, 1.54) is 6.42 Å². The Morgan fingerprint density at radius 3 is 2.55 bits per heavy atom.